The van der Waals surface area contributed by atoms with E-state index in [4.69, 9.17) is 68.2 Å². The number of fused-ring (bicyclic) bond motifs is 6. The van der Waals surface area contributed by atoms with E-state index in [0.717, 1.165) is 129 Å². The van der Waals surface area contributed by atoms with E-state index in [9.17, 15) is 0 Å². The van der Waals surface area contributed by atoms with Gasteiger partial charge in [-0.3, -0.25) is 4.68 Å². The highest BCUT2D eigenvalue weighted by molar-refractivity contribution is 8.75. The molecule has 4 N–H and O–H groups in total. The van der Waals surface area contributed by atoms with Crippen LogP contribution < -0.4 is 15.2 Å². The van der Waals surface area contributed by atoms with Gasteiger partial charge in [0.15, 0.2) is 0 Å². The molecule has 0 bridgehead atoms. The molecule has 0 saturated heterocycles. The van der Waals surface area contributed by atoms with Crippen molar-refractivity contribution < 1.29 is 18.5 Å². The second kappa shape index (κ2) is 31.6. The van der Waals surface area contributed by atoms with Crippen LogP contribution in [0.15, 0.2) is 45.7 Å². The fourth-order valence-corrected chi connectivity index (χ4v) is 33.8. The van der Waals surface area contributed by atoms with Gasteiger partial charge >= 0.3 is 0 Å². The molecule has 8 heterocycles. The Hall–Kier alpha value is -4.41. The van der Waals surface area contributed by atoms with Gasteiger partial charge < -0.3 is 34.2 Å². The number of rotatable bonds is 8. The molecule has 0 aliphatic rings. The number of H-pyrrole nitrogens is 2. The predicted molar refractivity (Wildman–Crippen MR) is 371 cm³/mol. The molecule has 17 nitrogen and oxygen atoms in total. The topological polar surface area (TPSA) is 215 Å². The molecule has 0 atom stereocenters. The average molecular weight is 1380 g/mol. The quantitative estimate of drug-likeness (QED) is 0.121. The van der Waals surface area contributed by atoms with Gasteiger partial charge in [0.2, 0.25) is 0 Å². The van der Waals surface area contributed by atoms with Crippen molar-refractivity contribution in [2.45, 2.75) is 116 Å². The van der Waals surface area contributed by atoms with Crippen LogP contribution in [0, 0.1) is 55.4 Å². The van der Waals surface area contributed by atoms with E-state index in [-0.39, 0.29) is 20.9 Å². The van der Waals surface area contributed by atoms with Crippen molar-refractivity contribution in [1.82, 2.24) is 59.8 Å². The molecule has 0 amide bonds. The van der Waals surface area contributed by atoms with Crippen LogP contribution in [0.4, 0.5) is 5.82 Å². The molecule has 0 unspecified atom stereocenters. The molecule has 442 valence electrons. The number of ether oxygens (including phenoxy) is 2. The summed E-state index contributed by atoms with van der Waals surface area (Å²) in [5.41, 5.74) is 18.8. The van der Waals surface area contributed by atoms with E-state index < -0.39 is 0 Å². The summed E-state index contributed by atoms with van der Waals surface area (Å²) in [6.07, 6.45) is 4.38. The number of nitrogens with one attached hydrogen (secondary N) is 2. The molecule has 0 saturated carbocycles. The number of aryl methyl sites for hydroxylation is 8. The van der Waals surface area contributed by atoms with Crippen molar-refractivity contribution in [2.24, 2.45) is 0 Å². The lowest BCUT2D eigenvalue weighted by atomic mass is 10.00. The van der Waals surface area contributed by atoms with Gasteiger partial charge in [-0.15, -0.1) is 0 Å². The van der Waals surface area contributed by atoms with Crippen molar-refractivity contribution in [3.05, 3.63) is 98.9 Å². The molecule has 10 rings (SSSR count). The Morgan fingerprint density at radius 2 is 1.02 bits per heavy atom. The Morgan fingerprint density at radius 1 is 0.598 bits per heavy atom. The number of aromatic amines is 2. The maximum atomic E-state index is 6.33. The largest absolute Gasteiger partial charge is 0.496 e. The molecular formula is C51H64ClN13O4S13. The van der Waals surface area contributed by atoms with Gasteiger partial charge in [-0.1, -0.05) is 36.8 Å². The minimum atomic E-state index is 0. The number of hydrogen-bond donors (Lipinski definition) is 3. The predicted octanol–water partition coefficient (Wildman–Crippen LogP) is 12.3. The second-order valence-electron chi connectivity index (χ2n) is 18.1. The first-order valence-corrected chi connectivity index (χ1v) is 40.4. The van der Waals surface area contributed by atoms with Crippen LogP contribution in [0.25, 0.3) is 66.1 Å². The number of nitrogens with two attached hydrogens (primary N) is 1. The number of methoxy groups -OCH3 is 2. The Balaban J connectivity index is 0.000000220. The number of anilines is 1. The van der Waals surface area contributed by atoms with Crippen LogP contribution in [0.5, 0.6) is 11.5 Å². The lowest BCUT2D eigenvalue weighted by molar-refractivity contribution is 0.393. The average Bonchev–Trinajstić information content (AvgIpc) is 4.30. The van der Waals surface area contributed by atoms with Gasteiger partial charge in [0, 0.05) is 188 Å². The Labute approximate surface area is 523 Å². The van der Waals surface area contributed by atoms with E-state index >= 15 is 0 Å². The molecule has 0 aliphatic carbocycles. The first kappa shape index (κ1) is 68.4. The second-order valence-corrected chi connectivity index (χ2v) is 37.9. The molecule has 8 aromatic heterocycles. The number of halogens is 1. The fourth-order valence-electron chi connectivity index (χ4n) is 8.77. The van der Waals surface area contributed by atoms with E-state index in [1.165, 1.54) is 17.8 Å². The summed E-state index contributed by atoms with van der Waals surface area (Å²) in [7, 11) is 21.4. The number of nitrogen functional groups attached to an aromatic ring is 1. The summed E-state index contributed by atoms with van der Waals surface area (Å²) in [5, 5.41) is 21.0. The van der Waals surface area contributed by atoms with E-state index in [1.54, 1.807) is 100 Å². The Bertz CT molecular complexity index is 4390. The molecule has 0 aliphatic heterocycles. The third-order valence-electron chi connectivity index (χ3n) is 12.1. The molecular weight excluding hydrogens is 1310 g/mol. The van der Waals surface area contributed by atoms with Gasteiger partial charge in [-0.2, -0.15) is 10.2 Å². The highest BCUT2D eigenvalue weighted by atomic mass is 35.5. The minimum Gasteiger partial charge on any atom is -0.496 e. The Morgan fingerprint density at radius 3 is 1.43 bits per heavy atom. The lowest BCUT2D eigenvalue weighted by Gasteiger charge is -2.13. The fraction of sp³-hybridized carbons (Fsp3) is 0.373. The summed E-state index contributed by atoms with van der Waals surface area (Å²) in [6.45, 7) is 23.8. The maximum absolute atomic E-state index is 6.33. The van der Waals surface area contributed by atoms with Gasteiger partial charge in [0.05, 0.1) is 60.2 Å². The highest BCUT2D eigenvalue weighted by Crippen LogP contribution is 2.42. The van der Waals surface area contributed by atoms with Crippen LogP contribution in [-0.4, -0.2) is 74.0 Å². The lowest BCUT2D eigenvalue weighted by Crippen LogP contribution is -2.10. The summed E-state index contributed by atoms with van der Waals surface area (Å²) >= 11 is 15.7. The molecule has 0 radical (unpaired) electrons. The number of hydrogen-bond acceptors (Lipinski definition) is 15. The summed E-state index contributed by atoms with van der Waals surface area (Å²) in [5.74, 6) is 5.11. The number of aromatic nitrogens is 12. The first-order chi connectivity index (χ1) is 38.3. The summed E-state index contributed by atoms with van der Waals surface area (Å²) < 4.78 is 26.0. The van der Waals surface area contributed by atoms with Crippen LogP contribution in [0.3, 0.4) is 0 Å². The van der Waals surface area contributed by atoms with E-state index in [0.29, 0.717) is 29.1 Å². The van der Waals surface area contributed by atoms with Gasteiger partial charge in [-0.25, -0.2) is 24.6 Å². The first-order valence-electron chi connectivity index (χ1n) is 24.0. The molecule has 2 aromatic carbocycles. The maximum Gasteiger partial charge on any atom is 0.143 e. The molecule has 10 aromatic rings. The third kappa shape index (κ3) is 16.1. The van der Waals surface area contributed by atoms with Crippen LogP contribution in [0.2, 0.25) is 5.15 Å². The van der Waals surface area contributed by atoms with Gasteiger partial charge in [0.1, 0.15) is 56.9 Å². The van der Waals surface area contributed by atoms with Crippen molar-refractivity contribution in [1.29, 1.82) is 0 Å². The van der Waals surface area contributed by atoms with Crippen molar-refractivity contribution >= 4 is 181 Å². The SMILES string of the molecule is C.C.COc1cc2c(cc1-c1c(C)noc1C)[nH]c1nc(C)nc(Cc3c(C)cnn3C(C)C)c12.COc1cc2c(cc1-c1c(C)noc1C)[nH]c1nc(C)nc(Cl)c12.Cc1cnn(C(C)C)c1N.S=S=S=S=S=S=S=S=S=S=S=S=S. The van der Waals surface area contributed by atoms with Gasteiger partial charge in [0.25, 0.3) is 0 Å². The van der Waals surface area contributed by atoms with Crippen LogP contribution >= 0.6 is 11.6 Å². The van der Waals surface area contributed by atoms with Crippen molar-refractivity contribution in [3.8, 4) is 33.8 Å². The third-order valence-corrected chi connectivity index (χ3v) is 34.6. The highest BCUT2D eigenvalue weighted by Gasteiger charge is 2.23. The number of benzene rings is 2. The molecule has 31 heteroatoms. The van der Waals surface area contributed by atoms with Gasteiger partial charge in [-0.05, 0) is 113 Å². The Kier molecular flexibility index (Phi) is 26.4. The van der Waals surface area contributed by atoms with E-state index in [1.807, 2.05) is 71.5 Å². The zero-order valence-electron chi connectivity index (χ0n) is 45.7. The zero-order chi connectivity index (χ0) is 57.9. The summed E-state index contributed by atoms with van der Waals surface area (Å²) in [6, 6.07) is 8.73. The van der Waals surface area contributed by atoms with E-state index in [2.05, 4.69) is 91.9 Å². The standard InChI is InChI=1S/C25H28N6O2.C17H15ClN4O2.C7H13N3.2CH4.S13/c1-12(2)31-21(13(3)11-26-31)10-20-24-17-9-22(32-7)18(23-14(4)30-33-15(23)5)8-19(17)29-25(24)28-16(6)27-20;1-7-14(8(2)24-22-7)11-5-12-10(6-13(11)23-4)15-16(18)19-9(3)20-17(15)21-12;1-5(2)10-7(8)6(3)4-9-10;;;1-3-5-7-9-11-13-12-10-8-6-4-2/h8-9,11-12H,10H2,1-7H3,(H,27,28,29);5-6H,1-4H3,(H,19,20,21);4-5H,8H2,1-3H3;2*1H4;. The normalized spacial score (nSPS) is 10.6. The molecule has 0 spiro atoms. The summed E-state index contributed by atoms with van der Waals surface area (Å²) in [4.78, 5) is 25.1. The molecule has 0 fully saturated rings. The minimum absolute atomic E-state index is 0. The van der Waals surface area contributed by atoms with Crippen LogP contribution in [0.1, 0.15) is 112 Å². The van der Waals surface area contributed by atoms with Crippen molar-refractivity contribution in [2.75, 3.05) is 20.0 Å². The number of nitrogens with zero attached hydrogens (tertiary/aromatic N) is 10. The monoisotopic (exact) mass is 1370 g/mol. The van der Waals surface area contributed by atoms with Crippen molar-refractivity contribution in [3.63, 3.8) is 0 Å². The zero-order valence-corrected chi connectivity index (χ0v) is 57.1. The molecule has 82 heavy (non-hydrogen) atoms. The smallest absolute Gasteiger partial charge is 0.143 e. The van der Waals surface area contributed by atoms with Crippen LogP contribution in [-0.2, 0) is 126 Å².